The highest BCUT2D eigenvalue weighted by Crippen LogP contribution is 2.32. The number of hydrogen-bond donors (Lipinski definition) is 1. The van der Waals surface area contributed by atoms with Gasteiger partial charge in [0.25, 0.3) is 5.91 Å². The summed E-state index contributed by atoms with van der Waals surface area (Å²) in [4.78, 5) is 12.3. The maximum absolute atomic E-state index is 12.3. The lowest BCUT2D eigenvalue weighted by Gasteiger charge is -2.08. The Morgan fingerprint density at radius 1 is 1.21 bits per heavy atom. The second-order valence-electron chi connectivity index (χ2n) is 5.05. The highest BCUT2D eigenvalue weighted by molar-refractivity contribution is 6.31. The number of hydrazone groups is 1. The summed E-state index contributed by atoms with van der Waals surface area (Å²) >= 11 is 5.93. The van der Waals surface area contributed by atoms with Crippen LogP contribution in [-0.4, -0.2) is 25.5 Å². The van der Waals surface area contributed by atoms with E-state index in [9.17, 15) is 4.79 Å². The first-order valence-corrected chi connectivity index (χ1v) is 7.54. The number of fused-ring (bicyclic) bond motifs is 1. The van der Waals surface area contributed by atoms with Crippen molar-refractivity contribution in [2.24, 2.45) is 5.10 Å². The molecule has 2 aromatic rings. The molecule has 0 unspecified atom stereocenters. The highest BCUT2D eigenvalue weighted by Gasteiger charge is 2.15. The summed E-state index contributed by atoms with van der Waals surface area (Å²) in [7, 11) is 1.49. The molecule has 3 rings (SSSR count). The SMILES string of the molecule is COc1ccc(Cl)cc1C(=O)NN=C(C)c1ccc2c(c1)OCO2. The number of carbonyl (C=O) groups excluding carboxylic acids is 1. The Morgan fingerprint density at radius 3 is 2.79 bits per heavy atom. The highest BCUT2D eigenvalue weighted by atomic mass is 35.5. The van der Waals surface area contributed by atoms with Gasteiger partial charge in [0.15, 0.2) is 11.5 Å². The van der Waals surface area contributed by atoms with Crippen molar-refractivity contribution in [3.8, 4) is 17.2 Å². The van der Waals surface area contributed by atoms with Gasteiger partial charge in [0, 0.05) is 10.6 Å². The lowest BCUT2D eigenvalue weighted by molar-refractivity contribution is 0.0952. The minimum Gasteiger partial charge on any atom is -0.496 e. The lowest BCUT2D eigenvalue weighted by atomic mass is 10.1. The Balaban J connectivity index is 1.77. The van der Waals surface area contributed by atoms with E-state index in [-0.39, 0.29) is 6.79 Å². The Morgan fingerprint density at radius 2 is 2.00 bits per heavy atom. The third kappa shape index (κ3) is 3.28. The Kier molecular flexibility index (Phi) is 4.57. The van der Waals surface area contributed by atoms with Crippen molar-refractivity contribution >= 4 is 23.2 Å². The second kappa shape index (κ2) is 6.80. The molecule has 7 heteroatoms. The normalized spacial score (nSPS) is 12.9. The molecule has 1 aliphatic rings. The molecule has 24 heavy (non-hydrogen) atoms. The van der Waals surface area contributed by atoms with E-state index < -0.39 is 5.91 Å². The molecular formula is C17H15ClN2O4. The van der Waals surface area contributed by atoms with Crippen molar-refractivity contribution in [1.82, 2.24) is 5.43 Å². The Hall–Kier alpha value is -2.73. The van der Waals surface area contributed by atoms with Crippen LogP contribution in [0.15, 0.2) is 41.5 Å². The second-order valence-corrected chi connectivity index (χ2v) is 5.49. The van der Waals surface area contributed by atoms with Crippen LogP contribution >= 0.6 is 11.6 Å². The number of carbonyl (C=O) groups is 1. The molecule has 1 aliphatic heterocycles. The van der Waals surface area contributed by atoms with Crippen LogP contribution in [0.25, 0.3) is 0 Å². The summed E-state index contributed by atoms with van der Waals surface area (Å²) in [6, 6.07) is 10.3. The van der Waals surface area contributed by atoms with Gasteiger partial charge in [-0.25, -0.2) is 5.43 Å². The number of ether oxygens (including phenoxy) is 3. The van der Waals surface area contributed by atoms with Crippen molar-refractivity contribution in [2.45, 2.75) is 6.92 Å². The third-order valence-electron chi connectivity index (χ3n) is 3.52. The van der Waals surface area contributed by atoms with E-state index in [1.807, 2.05) is 12.1 Å². The summed E-state index contributed by atoms with van der Waals surface area (Å²) in [5.74, 6) is 1.37. The van der Waals surface area contributed by atoms with E-state index in [0.29, 0.717) is 33.5 Å². The fourth-order valence-electron chi connectivity index (χ4n) is 2.24. The molecule has 1 heterocycles. The van der Waals surface area contributed by atoms with Gasteiger partial charge in [-0.15, -0.1) is 0 Å². The number of hydrogen-bond acceptors (Lipinski definition) is 5. The van der Waals surface area contributed by atoms with Gasteiger partial charge >= 0.3 is 0 Å². The minimum atomic E-state index is -0.408. The molecule has 0 saturated carbocycles. The van der Waals surface area contributed by atoms with Crippen molar-refractivity contribution in [3.63, 3.8) is 0 Å². The van der Waals surface area contributed by atoms with Crippen molar-refractivity contribution < 1.29 is 19.0 Å². The van der Waals surface area contributed by atoms with Crippen LogP contribution in [-0.2, 0) is 0 Å². The molecule has 0 saturated heterocycles. The fraction of sp³-hybridized carbons (Fsp3) is 0.176. The summed E-state index contributed by atoms with van der Waals surface area (Å²) in [5.41, 5.74) is 4.26. The molecule has 124 valence electrons. The fourth-order valence-corrected chi connectivity index (χ4v) is 2.41. The van der Waals surface area contributed by atoms with Gasteiger partial charge in [-0.3, -0.25) is 4.79 Å². The quantitative estimate of drug-likeness (QED) is 0.681. The third-order valence-corrected chi connectivity index (χ3v) is 3.76. The van der Waals surface area contributed by atoms with Crippen LogP contribution in [0.1, 0.15) is 22.8 Å². The van der Waals surface area contributed by atoms with Crippen LogP contribution in [0.2, 0.25) is 5.02 Å². The van der Waals surface area contributed by atoms with Crippen LogP contribution in [0.3, 0.4) is 0 Å². The van der Waals surface area contributed by atoms with E-state index in [2.05, 4.69) is 10.5 Å². The summed E-state index contributed by atoms with van der Waals surface area (Å²) in [6.07, 6.45) is 0. The molecule has 0 aromatic heterocycles. The van der Waals surface area contributed by atoms with Gasteiger partial charge in [-0.2, -0.15) is 5.10 Å². The minimum absolute atomic E-state index is 0.209. The maximum atomic E-state index is 12.3. The molecule has 0 radical (unpaired) electrons. The first-order chi connectivity index (χ1) is 11.6. The number of rotatable bonds is 4. The average molecular weight is 347 g/mol. The standard InChI is InChI=1S/C17H15ClN2O4/c1-10(11-3-5-15-16(7-11)24-9-23-15)19-20-17(21)13-8-12(18)4-6-14(13)22-2/h3-8H,9H2,1-2H3,(H,20,21). The molecule has 0 spiro atoms. The zero-order chi connectivity index (χ0) is 17.1. The molecule has 0 fully saturated rings. The molecular weight excluding hydrogens is 332 g/mol. The number of nitrogens with zero attached hydrogens (tertiary/aromatic N) is 1. The van der Waals surface area contributed by atoms with Gasteiger partial charge in [-0.1, -0.05) is 11.6 Å². The largest absolute Gasteiger partial charge is 0.496 e. The van der Waals surface area contributed by atoms with Gasteiger partial charge in [0.05, 0.1) is 18.4 Å². The number of benzene rings is 2. The first kappa shape index (κ1) is 16.1. The van der Waals surface area contributed by atoms with E-state index in [1.54, 1.807) is 25.1 Å². The van der Waals surface area contributed by atoms with E-state index in [4.69, 9.17) is 25.8 Å². The maximum Gasteiger partial charge on any atom is 0.275 e. The number of nitrogens with one attached hydrogen (secondary N) is 1. The molecule has 2 aromatic carbocycles. The van der Waals surface area contributed by atoms with Crippen LogP contribution in [0.5, 0.6) is 17.2 Å². The van der Waals surface area contributed by atoms with E-state index in [1.165, 1.54) is 13.2 Å². The monoisotopic (exact) mass is 346 g/mol. The smallest absolute Gasteiger partial charge is 0.275 e. The van der Waals surface area contributed by atoms with E-state index in [0.717, 1.165) is 5.56 Å². The summed E-state index contributed by atoms with van der Waals surface area (Å²) < 4.78 is 15.8. The zero-order valence-corrected chi connectivity index (χ0v) is 13.9. The number of amides is 1. The number of halogens is 1. The van der Waals surface area contributed by atoms with Gasteiger partial charge in [-0.05, 0) is 43.3 Å². The van der Waals surface area contributed by atoms with Gasteiger partial charge in [0.1, 0.15) is 5.75 Å². The van der Waals surface area contributed by atoms with Crippen LogP contribution < -0.4 is 19.6 Å². The van der Waals surface area contributed by atoms with Crippen LogP contribution in [0.4, 0.5) is 0 Å². The van der Waals surface area contributed by atoms with Gasteiger partial charge < -0.3 is 14.2 Å². The van der Waals surface area contributed by atoms with Crippen molar-refractivity contribution in [2.75, 3.05) is 13.9 Å². The van der Waals surface area contributed by atoms with Crippen molar-refractivity contribution in [1.29, 1.82) is 0 Å². The Labute approximate surface area is 144 Å². The molecule has 0 aliphatic carbocycles. The summed E-state index contributed by atoms with van der Waals surface area (Å²) in [6.45, 7) is 1.99. The van der Waals surface area contributed by atoms with Gasteiger partial charge in [0.2, 0.25) is 6.79 Å². The molecule has 6 nitrogen and oxygen atoms in total. The lowest BCUT2D eigenvalue weighted by Crippen LogP contribution is -2.20. The molecule has 1 N–H and O–H groups in total. The topological polar surface area (TPSA) is 69.2 Å². The average Bonchev–Trinajstić information content (AvgIpc) is 3.06. The Bertz CT molecular complexity index is 820. The van der Waals surface area contributed by atoms with Crippen molar-refractivity contribution in [3.05, 3.63) is 52.5 Å². The molecule has 1 amide bonds. The predicted octanol–water partition coefficient (Wildman–Crippen LogP) is 3.23. The predicted molar refractivity (Wildman–Crippen MR) is 90.2 cm³/mol. The molecule has 0 bridgehead atoms. The van der Waals surface area contributed by atoms with E-state index >= 15 is 0 Å². The zero-order valence-electron chi connectivity index (χ0n) is 13.1. The number of methoxy groups -OCH3 is 1. The first-order valence-electron chi connectivity index (χ1n) is 7.16. The molecule has 0 atom stereocenters. The summed E-state index contributed by atoms with van der Waals surface area (Å²) in [5, 5.41) is 4.57. The van der Waals surface area contributed by atoms with Crippen LogP contribution in [0, 0.1) is 0 Å².